The molecule has 0 saturated carbocycles. The van der Waals surface area contributed by atoms with Crippen LogP contribution in [0.1, 0.15) is 59.8 Å². The fourth-order valence-corrected chi connectivity index (χ4v) is 2.88. The molecule has 0 amide bonds. The first kappa shape index (κ1) is 18.4. The molecule has 2 atom stereocenters. The Morgan fingerprint density at radius 2 is 2.10 bits per heavy atom. The highest BCUT2D eigenvalue weighted by Crippen LogP contribution is 2.19. The molecule has 1 aliphatic heterocycles. The Kier molecular flexibility index (Phi) is 8.27. The summed E-state index contributed by atoms with van der Waals surface area (Å²) < 4.78 is 5.27. The number of hydrogen-bond acceptors (Lipinski definition) is 4. The van der Waals surface area contributed by atoms with Gasteiger partial charge >= 0.3 is 5.97 Å². The van der Waals surface area contributed by atoms with Crippen molar-refractivity contribution in [3.8, 4) is 0 Å². The van der Waals surface area contributed by atoms with E-state index in [1.165, 1.54) is 19.3 Å². The van der Waals surface area contributed by atoms with Crippen LogP contribution in [-0.4, -0.2) is 49.2 Å². The van der Waals surface area contributed by atoms with E-state index in [9.17, 15) is 4.79 Å². The van der Waals surface area contributed by atoms with E-state index in [1.54, 1.807) is 0 Å². The molecular weight excluding hydrogens is 264 g/mol. The van der Waals surface area contributed by atoms with Gasteiger partial charge in [-0.3, -0.25) is 4.79 Å². The highest BCUT2D eigenvalue weighted by Gasteiger charge is 2.34. The Labute approximate surface area is 130 Å². The minimum atomic E-state index is -0.552. The van der Waals surface area contributed by atoms with Gasteiger partial charge in [-0.25, -0.2) is 0 Å². The third-order valence-electron chi connectivity index (χ3n) is 4.53. The van der Waals surface area contributed by atoms with Gasteiger partial charge in [0.15, 0.2) is 0 Å². The lowest BCUT2D eigenvalue weighted by Crippen LogP contribution is -2.52. The Balaban J connectivity index is 2.53. The van der Waals surface area contributed by atoms with Gasteiger partial charge in [-0.1, -0.05) is 13.8 Å². The topological polar surface area (TPSA) is 41.6 Å². The lowest BCUT2D eigenvalue weighted by atomic mass is 9.97. The number of ether oxygens (including phenoxy) is 1. The molecule has 0 aromatic heterocycles. The standard InChI is InChI=1S/C17H34N2O2/c1-5-11-18-17(4,16(20)21-6-2)10-14-19-12-7-8-15(3)9-13-19/h15,18H,5-14H2,1-4H3. The molecule has 1 rings (SSSR count). The monoisotopic (exact) mass is 298 g/mol. The second-order valence-corrected chi connectivity index (χ2v) is 6.61. The largest absolute Gasteiger partial charge is 0.465 e. The van der Waals surface area contributed by atoms with Gasteiger partial charge in [-0.15, -0.1) is 0 Å². The van der Waals surface area contributed by atoms with E-state index >= 15 is 0 Å². The average molecular weight is 298 g/mol. The molecule has 1 saturated heterocycles. The first-order valence-electron chi connectivity index (χ1n) is 8.66. The smallest absolute Gasteiger partial charge is 0.326 e. The van der Waals surface area contributed by atoms with Gasteiger partial charge in [0.2, 0.25) is 0 Å². The van der Waals surface area contributed by atoms with Gasteiger partial charge < -0.3 is 15.0 Å². The van der Waals surface area contributed by atoms with Crippen LogP contribution in [0.4, 0.5) is 0 Å². The van der Waals surface area contributed by atoms with Crippen LogP contribution in [0.3, 0.4) is 0 Å². The van der Waals surface area contributed by atoms with Crippen molar-refractivity contribution in [3.05, 3.63) is 0 Å². The fraction of sp³-hybridized carbons (Fsp3) is 0.941. The quantitative estimate of drug-likeness (QED) is 0.700. The highest BCUT2D eigenvalue weighted by molar-refractivity contribution is 5.80. The molecule has 1 N–H and O–H groups in total. The summed E-state index contributed by atoms with van der Waals surface area (Å²) in [5.41, 5.74) is -0.552. The maximum absolute atomic E-state index is 12.3. The number of esters is 1. The molecule has 21 heavy (non-hydrogen) atoms. The van der Waals surface area contributed by atoms with Crippen molar-refractivity contribution in [2.75, 3.05) is 32.8 Å². The first-order valence-corrected chi connectivity index (χ1v) is 8.66. The molecule has 4 heteroatoms. The summed E-state index contributed by atoms with van der Waals surface area (Å²) in [7, 11) is 0. The molecule has 1 fully saturated rings. The molecule has 124 valence electrons. The lowest BCUT2D eigenvalue weighted by Gasteiger charge is -2.31. The van der Waals surface area contributed by atoms with E-state index in [0.29, 0.717) is 6.61 Å². The number of carbonyl (C=O) groups excluding carboxylic acids is 1. The van der Waals surface area contributed by atoms with Crippen LogP contribution in [-0.2, 0) is 9.53 Å². The van der Waals surface area contributed by atoms with Crippen molar-refractivity contribution < 1.29 is 9.53 Å². The van der Waals surface area contributed by atoms with E-state index in [4.69, 9.17) is 4.74 Å². The van der Waals surface area contributed by atoms with Gasteiger partial charge in [-0.2, -0.15) is 0 Å². The summed E-state index contributed by atoms with van der Waals surface area (Å²) in [5, 5.41) is 3.39. The van der Waals surface area contributed by atoms with Crippen molar-refractivity contribution >= 4 is 5.97 Å². The van der Waals surface area contributed by atoms with Gasteiger partial charge in [0.1, 0.15) is 5.54 Å². The van der Waals surface area contributed by atoms with Gasteiger partial charge in [-0.05, 0) is 71.5 Å². The third kappa shape index (κ3) is 6.35. The summed E-state index contributed by atoms with van der Waals surface area (Å²) in [4.78, 5) is 14.8. The Bertz CT molecular complexity index is 309. The summed E-state index contributed by atoms with van der Waals surface area (Å²) in [6.45, 7) is 12.9. The number of likely N-dealkylation sites (tertiary alicyclic amines) is 1. The zero-order chi connectivity index (χ0) is 15.7. The molecule has 1 heterocycles. The zero-order valence-corrected chi connectivity index (χ0v) is 14.4. The molecule has 0 aromatic carbocycles. The zero-order valence-electron chi connectivity index (χ0n) is 14.4. The molecule has 0 bridgehead atoms. The van der Waals surface area contributed by atoms with E-state index in [-0.39, 0.29) is 5.97 Å². The van der Waals surface area contributed by atoms with E-state index in [0.717, 1.165) is 44.9 Å². The molecular formula is C17H34N2O2. The maximum atomic E-state index is 12.3. The molecule has 0 spiro atoms. The number of nitrogens with one attached hydrogen (secondary N) is 1. The van der Waals surface area contributed by atoms with Gasteiger partial charge in [0, 0.05) is 6.54 Å². The SMILES string of the molecule is CCCNC(C)(CCN1CCCC(C)CC1)C(=O)OCC. The van der Waals surface area contributed by atoms with Crippen molar-refractivity contribution in [1.82, 2.24) is 10.2 Å². The van der Waals surface area contributed by atoms with Crippen LogP contribution in [0.2, 0.25) is 0 Å². The van der Waals surface area contributed by atoms with Crippen molar-refractivity contribution in [2.24, 2.45) is 5.92 Å². The second kappa shape index (κ2) is 9.42. The number of carbonyl (C=O) groups is 1. The predicted octanol–water partition coefficient (Wildman–Crippen LogP) is 2.82. The lowest BCUT2D eigenvalue weighted by molar-refractivity contribution is -0.151. The Morgan fingerprint density at radius 3 is 2.76 bits per heavy atom. The van der Waals surface area contributed by atoms with E-state index in [2.05, 4.69) is 24.1 Å². The van der Waals surface area contributed by atoms with E-state index < -0.39 is 5.54 Å². The molecule has 1 aliphatic rings. The Morgan fingerprint density at radius 1 is 1.33 bits per heavy atom. The molecule has 4 nitrogen and oxygen atoms in total. The summed E-state index contributed by atoms with van der Waals surface area (Å²) in [5.74, 6) is 0.728. The van der Waals surface area contributed by atoms with Crippen molar-refractivity contribution in [2.45, 2.75) is 65.3 Å². The third-order valence-corrected chi connectivity index (χ3v) is 4.53. The van der Waals surface area contributed by atoms with Gasteiger partial charge in [0.25, 0.3) is 0 Å². The molecule has 0 aliphatic carbocycles. The maximum Gasteiger partial charge on any atom is 0.326 e. The number of nitrogens with zero attached hydrogens (tertiary/aromatic N) is 1. The average Bonchev–Trinajstić information content (AvgIpc) is 2.68. The first-order chi connectivity index (χ1) is 10.0. The van der Waals surface area contributed by atoms with Gasteiger partial charge in [0.05, 0.1) is 6.61 Å². The van der Waals surface area contributed by atoms with Crippen molar-refractivity contribution in [1.29, 1.82) is 0 Å². The van der Waals surface area contributed by atoms with Crippen LogP contribution in [0.15, 0.2) is 0 Å². The number of rotatable bonds is 8. The second-order valence-electron chi connectivity index (χ2n) is 6.61. The van der Waals surface area contributed by atoms with Crippen LogP contribution in [0.5, 0.6) is 0 Å². The van der Waals surface area contributed by atoms with Crippen LogP contribution >= 0.6 is 0 Å². The molecule has 0 radical (unpaired) electrons. The minimum Gasteiger partial charge on any atom is -0.465 e. The minimum absolute atomic E-state index is 0.110. The molecule has 0 aromatic rings. The summed E-state index contributed by atoms with van der Waals surface area (Å²) in [6, 6.07) is 0. The summed E-state index contributed by atoms with van der Waals surface area (Å²) in [6.07, 6.45) is 5.73. The predicted molar refractivity (Wildman–Crippen MR) is 87.4 cm³/mol. The van der Waals surface area contributed by atoms with Crippen LogP contribution < -0.4 is 5.32 Å². The fourth-order valence-electron chi connectivity index (χ4n) is 2.88. The Hall–Kier alpha value is -0.610. The van der Waals surface area contributed by atoms with Crippen LogP contribution in [0, 0.1) is 5.92 Å². The van der Waals surface area contributed by atoms with E-state index in [1.807, 2.05) is 13.8 Å². The van der Waals surface area contributed by atoms with Crippen molar-refractivity contribution in [3.63, 3.8) is 0 Å². The molecule has 2 unspecified atom stereocenters. The summed E-state index contributed by atoms with van der Waals surface area (Å²) >= 11 is 0. The highest BCUT2D eigenvalue weighted by atomic mass is 16.5. The van der Waals surface area contributed by atoms with Crippen LogP contribution in [0.25, 0.3) is 0 Å². The normalized spacial score (nSPS) is 23.3. The number of hydrogen-bond donors (Lipinski definition) is 1.